The van der Waals surface area contributed by atoms with Gasteiger partial charge in [0.25, 0.3) is 0 Å². The van der Waals surface area contributed by atoms with Gasteiger partial charge in [0.05, 0.1) is 0 Å². The topological polar surface area (TPSA) is 0 Å². The van der Waals surface area contributed by atoms with E-state index in [0.29, 0.717) is 5.41 Å². The summed E-state index contributed by atoms with van der Waals surface area (Å²) in [5, 5.41) is 0. The molecule has 1 aliphatic carbocycles. The van der Waals surface area contributed by atoms with Crippen LogP contribution in [0.15, 0.2) is 24.3 Å². The third-order valence-corrected chi connectivity index (χ3v) is 2.95. The van der Waals surface area contributed by atoms with Crippen molar-refractivity contribution in [2.24, 2.45) is 5.41 Å². The monoisotopic (exact) mass is 164 g/mol. The molecule has 1 unspecified atom stereocenters. The van der Waals surface area contributed by atoms with E-state index in [1.54, 1.807) is 0 Å². The summed E-state index contributed by atoms with van der Waals surface area (Å²) in [6.07, 6.45) is 15.7. The molecule has 0 spiro atoms. The molecule has 0 amide bonds. The van der Waals surface area contributed by atoms with Crippen molar-refractivity contribution in [3.63, 3.8) is 0 Å². The molecule has 12 heavy (non-hydrogen) atoms. The minimum absolute atomic E-state index is 0.505. The van der Waals surface area contributed by atoms with Gasteiger partial charge in [-0.05, 0) is 24.7 Å². The Bertz CT molecular complexity index is 176. The van der Waals surface area contributed by atoms with Gasteiger partial charge in [0, 0.05) is 0 Å². The van der Waals surface area contributed by atoms with Crippen LogP contribution in [0.3, 0.4) is 0 Å². The standard InChI is InChI=1S/C12H20/c1-3-5-9-12(4-2)10-7-6-8-11-12/h6-8,10H,3-5,9,11H2,1-2H3. The molecule has 0 heterocycles. The zero-order valence-electron chi connectivity index (χ0n) is 8.34. The smallest absolute Gasteiger partial charge is 0.00832 e. The highest BCUT2D eigenvalue weighted by Crippen LogP contribution is 2.36. The van der Waals surface area contributed by atoms with Crippen LogP contribution < -0.4 is 0 Å². The van der Waals surface area contributed by atoms with Crippen LogP contribution in [0.4, 0.5) is 0 Å². The van der Waals surface area contributed by atoms with Crippen molar-refractivity contribution in [1.29, 1.82) is 0 Å². The average Bonchev–Trinajstić information content (AvgIpc) is 2.16. The second-order valence-corrected chi connectivity index (χ2v) is 3.81. The van der Waals surface area contributed by atoms with E-state index in [9.17, 15) is 0 Å². The summed E-state index contributed by atoms with van der Waals surface area (Å²) in [6, 6.07) is 0. The number of hydrogen-bond acceptors (Lipinski definition) is 0. The van der Waals surface area contributed by atoms with E-state index in [0.717, 1.165) is 0 Å². The van der Waals surface area contributed by atoms with Crippen molar-refractivity contribution in [1.82, 2.24) is 0 Å². The highest BCUT2D eigenvalue weighted by molar-refractivity contribution is 5.16. The normalized spacial score (nSPS) is 27.8. The molecule has 0 heteroatoms. The second kappa shape index (κ2) is 4.49. The largest absolute Gasteiger partial charge is 0.0837 e. The third-order valence-electron chi connectivity index (χ3n) is 2.95. The zero-order valence-corrected chi connectivity index (χ0v) is 8.34. The van der Waals surface area contributed by atoms with E-state index in [4.69, 9.17) is 0 Å². The van der Waals surface area contributed by atoms with Crippen molar-refractivity contribution >= 4 is 0 Å². The quantitative estimate of drug-likeness (QED) is 0.587. The maximum atomic E-state index is 2.41. The predicted molar refractivity (Wildman–Crippen MR) is 55.1 cm³/mol. The van der Waals surface area contributed by atoms with Gasteiger partial charge in [-0.3, -0.25) is 0 Å². The molecular formula is C12H20. The fourth-order valence-corrected chi connectivity index (χ4v) is 1.86. The maximum Gasteiger partial charge on any atom is -0.00832 e. The van der Waals surface area contributed by atoms with Crippen LogP contribution in [0.25, 0.3) is 0 Å². The molecule has 0 nitrogen and oxygen atoms in total. The summed E-state index contributed by atoms with van der Waals surface area (Å²) in [7, 11) is 0. The lowest BCUT2D eigenvalue weighted by Crippen LogP contribution is -2.17. The molecule has 1 atom stereocenters. The number of unbranched alkanes of at least 4 members (excludes halogenated alkanes) is 1. The van der Waals surface area contributed by atoms with Crippen molar-refractivity contribution in [2.75, 3.05) is 0 Å². The Morgan fingerprint density at radius 2 is 2.08 bits per heavy atom. The molecule has 0 bridgehead atoms. The van der Waals surface area contributed by atoms with Crippen LogP contribution in [0.1, 0.15) is 46.0 Å². The Balaban J connectivity index is 2.51. The Morgan fingerprint density at radius 1 is 1.25 bits per heavy atom. The first-order valence-electron chi connectivity index (χ1n) is 5.17. The van der Waals surface area contributed by atoms with Gasteiger partial charge in [-0.1, -0.05) is 51.0 Å². The van der Waals surface area contributed by atoms with Crippen LogP contribution >= 0.6 is 0 Å². The summed E-state index contributed by atoms with van der Waals surface area (Å²) in [5.41, 5.74) is 0.505. The van der Waals surface area contributed by atoms with Crippen molar-refractivity contribution in [3.8, 4) is 0 Å². The Morgan fingerprint density at radius 3 is 2.58 bits per heavy atom. The highest BCUT2D eigenvalue weighted by Gasteiger charge is 2.23. The molecule has 0 aliphatic heterocycles. The fraction of sp³-hybridized carbons (Fsp3) is 0.667. The van der Waals surface area contributed by atoms with Gasteiger partial charge in [0.2, 0.25) is 0 Å². The van der Waals surface area contributed by atoms with Gasteiger partial charge in [0.1, 0.15) is 0 Å². The summed E-state index contributed by atoms with van der Waals surface area (Å²) in [6.45, 7) is 4.57. The van der Waals surface area contributed by atoms with Gasteiger partial charge in [-0.15, -0.1) is 0 Å². The van der Waals surface area contributed by atoms with Crippen LogP contribution in [0.5, 0.6) is 0 Å². The van der Waals surface area contributed by atoms with Gasteiger partial charge in [-0.2, -0.15) is 0 Å². The fourth-order valence-electron chi connectivity index (χ4n) is 1.86. The molecule has 1 rings (SSSR count). The van der Waals surface area contributed by atoms with Crippen LogP contribution in [0, 0.1) is 5.41 Å². The van der Waals surface area contributed by atoms with E-state index >= 15 is 0 Å². The summed E-state index contributed by atoms with van der Waals surface area (Å²) in [4.78, 5) is 0. The van der Waals surface area contributed by atoms with Gasteiger partial charge in [-0.25, -0.2) is 0 Å². The van der Waals surface area contributed by atoms with E-state index in [1.165, 1.54) is 32.1 Å². The van der Waals surface area contributed by atoms with Gasteiger partial charge >= 0.3 is 0 Å². The molecule has 0 aromatic heterocycles. The molecule has 68 valence electrons. The van der Waals surface area contributed by atoms with Crippen molar-refractivity contribution in [2.45, 2.75) is 46.0 Å². The lowest BCUT2D eigenvalue weighted by molar-refractivity contribution is 0.327. The molecule has 0 aromatic carbocycles. The lowest BCUT2D eigenvalue weighted by atomic mass is 9.75. The molecule has 0 fully saturated rings. The van der Waals surface area contributed by atoms with E-state index in [-0.39, 0.29) is 0 Å². The maximum absolute atomic E-state index is 2.41. The third kappa shape index (κ3) is 2.23. The first kappa shape index (κ1) is 9.57. The first-order chi connectivity index (χ1) is 5.83. The summed E-state index contributed by atoms with van der Waals surface area (Å²) >= 11 is 0. The molecule has 1 aliphatic rings. The van der Waals surface area contributed by atoms with Crippen molar-refractivity contribution in [3.05, 3.63) is 24.3 Å². The second-order valence-electron chi connectivity index (χ2n) is 3.81. The van der Waals surface area contributed by atoms with E-state index in [2.05, 4.69) is 38.2 Å². The molecule has 0 aromatic rings. The molecular weight excluding hydrogens is 144 g/mol. The number of allylic oxidation sites excluding steroid dienone is 4. The van der Waals surface area contributed by atoms with Crippen molar-refractivity contribution < 1.29 is 0 Å². The minimum Gasteiger partial charge on any atom is -0.0837 e. The molecule has 0 N–H and O–H groups in total. The molecule has 0 saturated carbocycles. The Kier molecular flexibility index (Phi) is 3.58. The summed E-state index contributed by atoms with van der Waals surface area (Å²) in [5.74, 6) is 0. The van der Waals surface area contributed by atoms with E-state index < -0.39 is 0 Å². The van der Waals surface area contributed by atoms with Gasteiger partial charge in [0.15, 0.2) is 0 Å². The van der Waals surface area contributed by atoms with E-state index in [1.807, 2.05) is 0 Å². The Labute approximate surface area is 76.4 Å². The van der Waals surface area contributed by atoms with Crippen LogP contribution in [-0.2, 0) is 0 Å². The molecule has 0 saturated heterocycles. The SMILES string of the molecule is CCCCC1(CC)C=CC=CC1. The predicted octanol–water partition coefficient (Wildman–Crippen LogP) is 4.09. The minimum atomic E-state index is 0.505. The zero-order chi connectivity index (χ0) is 8.86. The average molecular weight is 164 g/mol. The van der Waals surface area contributed by atoms with Crippen LogP contribution in [0.2, 0.25) is 0 Å². The lowest BCUT2D eigenvalue weighted by Gasteiger charge is -2.29. The van der Waals surface area contributed by atoms with Crippen LogP contribution in [-0.4, -0.2) is 0 Å². The highest BCUT2D eigenvalue weighted by atomic mass is 14.3. The Hall–Kier alpha value is -0.520. The molecule has 0 radical (unpaired) electrons. The van der Waals surface area contributed by atoms with Gasteiger partial charge < -0.3 is 0 Å². The summed E-state index contributed by atoms with van der Waals surface area (Å²) < 4.78 is 0. The number of hydrogen-bond donors (Lipinski definition) is 0. The number of rotatable bonds is 4. The first-order valence-corrected chi connectivity index (χ1v) is 5.17.